The summed E-state index contributed by atoms with van der Waals surface area (Å²) in [7, 11) is 1.81. The van der Waals surface area contributed by atoms with Crippen molar-refractivity contribution in [3.05, 3.63) is 18.1 Å². The zero-order valence-electron chi connectivity index (χ0n) is 5.83. The third kappa shape index (κ3) is 1.41. The summed E-state index contributed by atoms with van der Waals surface area (Å²) in [6.45, 7) is 0.384. The van der Waals surface area contributed by atoms with Gasteiger partial charge < -0.3 is 11.1 Å². The predicted molar refractivity (Wildman–Crippen MR) is 39.5 cm³/mol. The SMILES string of the molecule is CNc1ccnc(CN)n1. The molecule has 0 aromatic carbocycles. The van der Waals surface area contributed by atoms with Gasteiger partial charge in [-0.05, 0) is 6.07 Å². The van der Waals surface area contributed by atoms with Crippen molar-refractivity contribution in [2.45, 2.75) is 6.54 Å². The molecule has 0 fully saturated rings. The van der Waals surface area contributed by atoms with Gasteiger partial charge in [-0.15, -0.1) is 0 Å². The lowest BCUT2D eigenvalue weighted by atomic mass is 10.5. The first-order valence-electron chi connectivity index (χ1n) is 3.06. The maximum Gasteiger partial charge on any atom is 0.144 e. The van der Waals surface area contributed by atoms with Crippen LogP contribution in [0, 0.1) is 0 Å². The van der Waals surface area contributed by atoms with E-state index in [-0.39, 0.29) is 0 Å². The van der Waals surface area contributed by atoms with Crippen LogP contribution in [0.3, 0.4) is 0 Å². The fraction of sp³-hybridized carbons (Fsp3) is 0.333. The van der Waals surface area contributed by atoms with Gasteiger partial charge in [-0.1, -0.05) is 0 Å². The van der Waals surface area contributed by atoms with Crippen LogP contribution >= 0.6 is 0 Å². The molecule has 0 saturated carbocycles. The Kier molecular flexibility index (Phi) is 2.17. The molecule has 1 heterocycles. The average molecular weight is 138 g/mol. The normalized spacial score (nSPS) is 9.40. The molecule has 0 atom stereocenters. The Bertz CT molecular complexity index is 191. The van der Waals surface area contributed by atoms with Crippen LogP contribution in [0.4, 0.5) is 5.82 Å². The third-order valence-corrected chi connectivity index (χ3v) is 1.14. The number of hydrogen-bond donors (Lipinski definition) is 2. The summed E-state index contributed by atoms with van der Waals surface area (Å²) >= 11 is 0. The van der Waals surface area contributed by atoms with Gasteiger partial charge >= 0.3 is 0 Å². The molecule has 0 aliphatic rings. The highest BCUT2D eigenvalue weighted by Crippen LogP contribution is 1.98. The minimum Gasteiger partial charge on any atom is -0.373 e. The van der Waals surface area contributed by atoms with Gasteiger partial charge in [-0.25, -0.2) is 9.97 Å². The lowest BCUT2D eigenvalue weighted by molar-refractivity contribution is 0.910. The molecule has 1 rings (SSSR count). The molecule has 0 aliphatic carbocycles. The van der Waals surface area contributed by atoms with E-state index in [0.29, 0.717) is 12.4 Å². The van der Waals surface area contributed by atoms with Crippen molar-refractivity contribution in [1.29, 1.82) is 0 Å². The quantitative estimate of drug-likeness (QED) is 0.602. The van der Waals surface area contributed by atoms with Crippen LogP contribution in [-0.4, -0.2) is 17.0 Å². The lowest BCUT2D eigenvalue weighted by Gasteiger charge is -1.98. The molecule has 0 spiro atoms. The first kappa shape index (κ1) is 6.95. The topological polar surface area (TPSA) is 63.8 Å². The molecular formula is C6H10N4. The average Bonchev–Trinajstić information content (AvgIpc) is 2.05. The van der Waals surface area contributed by atoms with Gasteiger partial charge in [0.1, 0.15) is 11.6 Å². The highest BCUT2D eigenvalue weighted by atomic mass is 15.0. The summed E-state index contributed by atoms with van der Waals surface area (Å²) in [6, 6.07) is 1.79. The molecule has 1 aromatic heterocycles. The smallest absolute Gasteiger partial charge is 0.144 e. The van der Waals surface area contributed by atoms with Gasteiger partial charge in [0, 0.05) is 13.2 Å². The second-order valence-electron chi connectivity index (χ2n) is 1.81. The van der Waals surface area contributed by atoms with Gasteiger partial charge in [-0.2, -0.15) is 0 Å². The van der Waals surface area contributed by atoms with Crippen LogP contribution in [0.25, 0.3) is 0 Å². The van der Waals surface area contributed by atoms with E-state index in [2.05, 4.69) is 15.3 Å². The highest BCUT2D eigenvalue weighted by Gasteiger charge is 1.92. The van der Waals surface area contributed by atoms with Crippen molar-refractivity contribution in [2.24, 2.45) is 5.73 Å². The van der Waals surface area contributed by atoms with E-state index in [9.17, 15) is 0 Å². The van der Waals surface area contributed by atoms with Gasteiger partial charge in [-0.3, -0.25) is 0 Å². The van der Waals surface area contributed by atoms with Gasteiger partial charge in [0.2, 0.25) is 0 Å². The predicted octanol–water partition coefficient (Wildman–Crippen LogP) is -0.0230. The van der Waals surface area contributed by atoms with Crippen molar-refractivity contribution >= 4 is 5.82 Å². The largest absolute Gasteiger partial charge is 0.373 e. The Hall–Kier alpha value is -1.16. The molecule has 0 unspecified atom stereocenters. The maximum absolute atomic E-state index is 5.32. The maximum atomic E-state index is 5.32. The Morgan fingerprint density at radius 1 is 1.70 bits per heavy atom. The Balaban J connectivity index is 2.87. The van der Waals surface area contributed by atoms with E-state index in [4.69, 9.17) is 5.73 Å². The zero-order valence-corrected chi connectivity index (χ0v) is 5.83. The standard InChI is InChI=1S/C6H10N4/c1-8-5-2-3-9-6(4-7)10-5/h2-3H,4,7H2,1H3,(H,8,9,10). The fourth-order valence-corrected chi connectivity index (χ4v) is 0.637. The summed E-state index contributed by atoms with van der Waals surface area (Å²) in [4.78, 5) is 7.99. The number of hydrogen-bond acceptors (Lipinski definition) is 4. The molecule has 0 saturated heterocycles. The molecule has 4 nitrogen and oxygen atoms in total. The molecule has 0 amide bonds. The van der Waals surface area contributed by atoms with Gasteiger partial charge in [0.15, 0.2) is 0 Å². The van der Waals surface area contributed by atoms with Crippen molar-refractivity contribution < 1.29 is 0 Å². The van der Waals surface area contributed by atoms with E-state index in [1.165, 1.54) is 0 Å². The molecule has 54 valence electrons. The number of nitrogens with two attached hydrogens (primary N) is 1. The summed E-state index contributed by atoms with van der Waals surface area (Å²) < 4.78 is 0. The van der Waals surface area contributed by atoms with Crippen LogP contribution in [0.2, 0.25) is 0 Å². The lowest BCUT2D eigenvalue weighted by Crippen LogP contribution is -2.04. The van der Waals surface area contributed by atoms with Crippen LogP contribution in [0.15, 0.2) is 12.3 Å². The summed E-state index contributed by atoms with van der Waals surface area (Å²) in [5, 5.41) is 2.90. The molecule has 3 N–H and O–H groups in total. The van der Waals surface area contributed by atoms with Gasteiger partial charge in [0.05, 0.1) is 6.54 Å². The van der Waals surface area contributed by atoms with Crippen LogP contribution < -0.4 is 11.1 Å². The van der Waals surface area contributed by atoms with E-state index in [1.807, 2.05) is 7.05 Å². The highest BCUT2D eigenvalue weighted by molar-refractivity contribution is 5.31. The number of aromatic nitrogens is 2. The summed E-state index contributed by atoms with van der Waals surface area (Å²) in [5.74, 6) is 1.46. The Morgan fingerprint density at radius 2 is 2.50 bits per heavy atom. The second kappa shape index (κ2) is 3.12. The monoisotopic (exact) mass is 138 g/mol. The third-order valence-electron chi connectivity index (χ3n) is 1.14. The van der Waals surface area contributed by atoms with Crippen LogP contribution in [0.1, 0.15) is 5.82 Å². The summed E-state index contributed by atoms with van der Waals surface area (Å²) in [5.41, 5.74) is 5.32. The van der Waals surface area contributed by atoms with Gasteiger partial charge in [0.25, 0.3) is 0 Å². The minimum absolute atomic E-state index is 0.384. The van der Waals surface area contributed by atoms with Crippen LogP contribution in [-0.2, 0) is 6.54 Å². The molecule has 0 bridgehead atoms. The van der Waals surface area contributed by atoms with E-state index in [1.54, 1.807) is 12.3 Å². The Morgan fingerprint density at radius 3 is 3.10 bits per heavy atom. The molecule has 0 radical (unpaired) electrons. The van der Waals surface area contributed by atoms with E-state index in [0.717, 1.165) is 5.82 Å². The number of rotatable bonds is 2. The van der Waals surface area contributed by atoms with Crippen molar-refractivity contribution in [3.8, 4) is 0 Å². The van der Waals surface area contributed by atoms with Crippen molar-refractivity contribution in [2.75, 3.05) is 12.4 Å². The van der Waals surface area contributed by atoms with Crippen LogP contribution in [0.5, 0.6) is 0 Å². The molecule has 1 aromatic rings. The summed E-state index contributed by atoms with van der Waals surface area (Å²) in [6.07, 6.45) is 1.68. The number of nitrogens with zero attached hydrogens (tertiary/aromatic N) is 2. The molecule has 10 heavy (non-hydrogen) atoms. The second-order valence-corrected chi connectivity index (χ2v) is 1.81. The molecule has 4 heteroatoms. The number of nitrogens with one attached hydrogen (secondary N) is 1. The van der Waals surface area contributed by atoms with Crippen molar-refractivity contribution in [3.63, 3.8) is 0 Å². The van der Waals surface area contributed by atoms with E-state index < -0.39 is 0 Å². The minimum atomic E-state index is 0.384. The first-order valence-corrected chi connectivity index (χ1v) is 3.06. The van der Waals surface area contributed by atoms with E-state index >= 15 is 0 Å². The first-order chi connectivity index (χ1) is 4.86. The number of anilines is 1. The molecule has 0 aliphatic heterocycles. The van der Waals surface area contributed by atoms with Crippen molar-refractivity contribution in [1.82, 2.24) is 9.97 Å². The Labute approximate surface area is 59.5 Å². The zero-order chi connectivity index (χ0) is 7.40. The molecular weight excluding hydrogens is 128 g/mol. The fourth-order valence-electron chi connectivity index (χ4n) is 0.637.